The Bertz CT molecular complexity index is 464. The van der Waals surface area contributed by atoms with Crippen molar-refractivity contribution in [2.24, 2.45) is 0 Å². The molecule has 104 valence electrons. The van der Waals surface area contributed by atoms with E-state index in [0.717, 1.165) is 19.3 Å². The molecule has 1 aliphatic carbocycles. The van der Waals surface area contributed by atoms with Gasteiger partial charge in [-0.1, -0.05) is 0 Å². The molecule has 3 nitrogen and oxygen atoms in total. The monoisotopic (exact) mass is 284 g/mol. The van der Waals surface area contributed by atoms with E-state index in [-0.39, 0.29) is 17.8 Å². The van der Waals surface area contributed by atoms with Gasteiger partial charge in [-0.3, -0.25) is 0 Å². The van der Waals surface area contributed by atoms with E-state index in [1.54, 1.807) is 7.11 Å². The van der Waals surface area contributed by atoms with Gasteiger partial charge in [-0.2, -0.15) is 0 Å². The Morgan fingerprint density at radius 1 is 1.37 bits per heavy atom. The van der Waals surface area contributed by atoms with Crippen molar-refractivity contribution in [2.45, 2.75) is 42.8 Å². The van der Waals surface area contributed by atoms with Crippen LogP contribution >= 0.6 is 12.6 Å². The first-order chi connectivity index (χ1) is 9.10. The molecule has 1 saturated carbocycles. The molecule has 0 radical (unpaired) electrons. The van der Waals surface area contributed by atoms with Gasteiger partial charge in [0.05, 0.1) is 11.7 Å². The van der Waals surface area contributed by atoms with Crippen molar-refractivity contribution in [3.8, 4) is 0 Å². The summed E-state index contributed by atoms with van der Waals surface area (Å²) in [6, 6.07) is 4.10. The maximum Gasteiger partial charge on any atom is 0.341 e. The summed E-state index contributed by atoms with van der Waals surface area (Å²) in [5.74, 6) is -1.21. The Kier molecular flexibility index (Phi) is 4.82. The SMILES string of the molecule is COC1CCCC(OC(=O)c2cc(S)ccc2F)C1. The molecule has 1 fully saturated rings. The molecule has 0 aromatic heterocycles. The number of ether oxygens (including phenoxy) is 2. The van der Waals surface area contributed by atoms with Crippen LogP contribution in [0, 0.1) is 5.82 Å². The number of rotatable bonds is 3. The molecule has 2 unspecified atom stereocenters. The van der Waals surface area contributed by atoms with E-state index < -0.39 is 11.8 Å². The van der Waals surface area contributed by atoms with Gasteiger partial charge in [0.15, 0.2) is 0 Å². The van der Waals surface area contributed by atoms with Crippen molar-refractivity contribution < 1.29 is 18.7 Å². The van der Waals surface area contributed by atoms with Gasteiger partial charge < -0.3 is 9.47 Å². The maximum atomic E-state index is 13.6. The van der Waals surface area contributed by atoms with Gasteiger partial charge in [0.25, 0.3) is 0 Å². The fraction of sp³-hybridized carbons (Fsp3) is 0.500. The number of carbonyl (C=O) groups excluding carboxylic acids is 1. The largest absolute Gasteiger partial charge is 0.459 e. The van der Waals surface area contributed by atoms with Crippen LogP contribution in [0.2, 0.25) is 0 Å². The quantitative estimate of drug-likeness (QED) is 0.684. The van der Waals surface area contributed by atoms with E-state index in [0.29, 0.717) is 11.3 Å². The summed E-state index contributed by atoms with van der Waals surface area (Å²) >= 11 is 4.10. The van der Waals surface area contributed by atoms with Crippen molar-refractivity contribution in [3.05, 3.63) is 29.6 Å². The van der Waals surface area contributed by atoms with Crippen LogP contribution in [0.1, 0.15) is 36.0 Å². The van der Waals surface area contributed by atoms with Crippen LogP contribution < -0.4 is 0 Å². The van der Waals surface area contributed by atoms with Crippen molar-refractivity contribution in [3.63, 3.8) is 0 Å². The summed E-state index contributed by atoms with van der Waals surface area (Å²) in [6.45, 7) is 0. The first-order valence-electron chi connectivity index (χ1n) is 6.32. The molecule has 1 aliphatic rings. The highest BCUT2D eigenvalue weighted by Gasteiger charge is 2.26. The summed E-state index contributed by atoms with van der Waals surface area (Å²) in [7, 11) is 1.65. The minimum atomic E-state index is -0.629. The van der Waals surface area contributed by atoms with Crippen molar-refractivity contribution >= 4 is 18.6 Å². The standard InChI is InChI=1S/C14H17FO3S/c1-17-9-3-2-4-10(7-9)18-14(16)12-8-11(19)5-6-13(12)15/h5-6,8-10,19H,2-4,7H2,1H3. The third-order valence-electron chi connectivity index (χ3n) is 3.35. The Balaban J connectivity index is 2.02. The van der Waals surface area contributed by atoms with Gasteiger partial charge in [0, 0.05) is 18.4 Å². The first kappa shape index (κ1) is 14.3. The molecule has 1 aromatic rings. The van der Waals surface area contributed by atoms with E-state index in [4.69, 9.17) is 9.47 Å². The van der Waals surface area contributed by atoms with E-state index >= 15 is 0 Å². The molecular weight excluding hydrogens is 267 g/mol. The minimum absolute atomic E-state index is 0.0629. The zero-order chi connectivity index (χ0) is 13.8. The molecule has 0 bridgehead atoms. The fourth-order valence-corrected chi connectivity index (χ4v) is 2.51. The third-order valence-corrected chi connectivity index (χ3v) is 3.63. The van der Waals surface area contributed by atoms with Crippen LogP contribution in [0.4, 0.5) is 4.39 Å². The highest BCUT2D eigenvalue weighted by molar-refractivity contribution is 7.80. The number of thiol groups is 1. The summed E-state index contributed by atoms with van der Waals surface area (Å²) < 4.78 is 24.2. The Labute approximate surface area is 117 Å². The molecule has 1 aromatic carbocycles. The number of esters is 1. The molecule has 2 rings (SSSR count). The van der Waals surface area contributed by atoms with Crippen molar-refractivity contribution in [2.75, 3.05) is 7.11 Å². The second kappa shape index (κ2) is 6.39. The first-order valence-corrected chi connectivity index (χ1v) is 6.77. The van der Waals surface area contributed by atoms with Gasteiger partial charge in [-0.25, -0.2) is 9.18 Å². The summed E-state index contributed by atoms with van der Waals surface area (Å²) in [5.41, 5.74) is -0.0629. The summed E-state index contributed by atoms with van der Waals surface area (Å²) in [6.07, 6.45) is 3.32. The van der Waals surface area contributed by atoms with E-state index in [2.05, 4.69) is 12.6 Å². The van der Waals surface area contributed by atoms with Gasteiger partial charge in [0.2, 0.25) is 0 Å². The molecular formula is C14H17FO3S. The molecule has 5 heteroatoms. The molecule has 0 spiro atoms. The molecule has 0 saturated heterocycles. The zero-order valence-electron chi connectivity index (χ0n) is 10.8. The highest BCUT2D eigenvalue weighted by Crippen LogP contribution is 2.24. The lowest BCUT2D eigenvalue weighted by molar-refractivity contribution is -0.0152. The van der Waals surface area contributed by atoms with Crippen LogP contribution in [0.5, 0.6) is 0 Å². The van der Waals surface area contributed by atoms with Crippen LogP contribution in [-0.2, 0) is 9.47 Å². The summed E-state index contributed by atoms with van der Waals surface area (Å²) in [5, 5.41) is 0. The second-order valence-electron chi connectivity index (χ2n) is 4.72. The smallest absolute Gasteiger partial charge is 0.341 e. The lowest BCUT2D eigenvalue weighted by Crippen LogP contribution is -2.29. The van der Waals surface area contributed by atoms with Crippen molar-refractivity contribution in [1.29, 1.82) is 0 Å². The number of halogens is 1. The van der Waals surface area contributed by atoms with Crippen LogP contribution in [-0.4, -0.2) is 25.3 Å². The molecule has 2 atom stereocenters. The predicted octanol–water partition coefficient (Wildman–Crippen LogP) is 3.23. The lowest BCUT2D eigenvalue weighted by atomic mass is 9.95. The van der Waals surface area contributed by atoms with Gasteiger partial charge in [-0.15, -0.1) is 12.6 Å². The number of hydrogen-bond acceptors (Lipinski definition) is 4. The molecule has 0 aliphatic heterocycles. The normalized spacial score (nSPS) is 23.1. The topological polar surface area (TPSA) is 35.5 Å². The van der Waals surface area contributed by atoms with Crippen LogP contribution in [0.25, 0.3) is 0 Å². The van der Waals surface area contributed by atoms with E-state index in [1.807, 2.05) is 0 Å². The van der Waals surface area contributed by atoms with Gasteiger partial charge >= 0.3 is 5.97 Å². The van der Waals surface area contributed by atoms with Gasteiger partial charge in [-0.05, 0) is 37.5 Å². The van der Waals surface area contributed by atoms with Crippen LogP contribution in [0.15, 0.2) is 23.1 Å². The Hall–Kier alpha value is -1.07. The maximum absolute atomic E-state index is 13.6. The summed E-state index contributed by atoms with van der Waals surface area (Å²) in [4.78, 5) is 12.5. The third kappa shape index (κ3) is 3.70. The predicted molar refractivity (Wildman–Crippen MR) is 72.1 cm³/mol. The van der Waals surface area contributed by atoms with Crippen LogP contribution in [0.3, 0.4) is 0 Å². The second-order valence-corrected chi connectivity index (χ2v) is 5.23. The highest BCUT2D eigenvalue weighted by atomic mass is 32.1. The molecule has 0 amide bonds. The minimum Gasteiger partial charge on any atom is -0.459 e. The molecule has 0 heterocycles. The van der Waals surface area contributed by atoms with E-state index in [1.165, 1.54) is 18.2 Å². The van der Waals surface area contributed by atoms with Gasteiger partial charge in [0.1, 0.15) is 11.9 Å². The fourth-order valence-electron chi connectivity index (χ4n) is 2.31. The molecule has 0 N–H and O–H groups in total. The lowest BCUT2D eigenvalue weighted by Gasteiger charge is -2.27. The number of benzene rings is 1. The number of methoxy groups -OCH3 is 1. The van der Waals surface area contributed by atoms with Crippen molar-refractivity contribution in [1.82, 2.24) is 0 Å². The number of hydrogen-bond donors (Lipinski definition) is 1. The Morgan fingerprint density at radius 2 is 2.11 bits per heavy atom. The Morgan fingerprint density at radius 3 is 2.84 bits per heavy atom. The number of carbonyl (C=O) groups is 1. The zero-order valence-corrected chi connectivity index (χ0v) is 11.7. The average molecular weight is 284 g/mol. The molecule has 19 heavy (non-hydrogen) atoms. The average Bonchev–Trinajstić information content (AvgIpc) is 2.41. The van der Waals surface area contributed by atoms with E-state index in [9.17, 15) is 9.18 Å².